The van der Waals surface area contributed by atoms with Crippen LogP contribution in [0.5, 0.6) is 0 Å². The van der Waals surface area contributed by atoms with Gasteiger partial charge in [-0.2, -0.15) is 4.98 Å². The van der Waals surface area contributed by atoms with Crippen molar-refractivity contribution in [2.45, 2.75) is 12.5 Å². The van der Waals surface area contributed by atoms with Gasteiger partial charge in [0.05, 0.1) is 0 Å². The van der Waals surface area contributed by atoms with Gasteiger partial charge in [-0.05, 0) is 30.7 Å². The fraction of sp³-hybridized carbons (Fsp3) is 0.235. The molecule has 1 aliphatic heterocycles. The van der Waals surface area contributed by atoms with Crippen molar-refractivity contribution in [3.63, 3.8) is 0 Å². The van der Waals surface area contributed by atoms with Crippen LogP contribution >= 0.6 is 11.6 Å². The van der Waals surface area contributed by atoms with Gasteiger partial charge in [-0.15, -0.1) is 0 Å². The SMILES string of the molecule is Clc1cccc(-c2noc(NC3CCN(c4ccccn4)C3)n2)c1. The van der Waals surface area contributed by atoms with Crippen LogP contribution in [0.3, 0.4) is 0 Å². The van der Waals surface area contributed by atoms with Crippen LogP contribution in [-0.2, 0) is 0 Å². The molecule has 1 unspecified atom stereocenters. The Bertz CT molecular complexity index is 823. The number of nitrogens with zero attached hydrogens (tertiary/aromatic N) is 4. The molecule has 0 amide bonds. The van der Waals surface area contributed by atoms with Gasteiger partial charge in [0.2, 0.25) is 5.82 Å². The lowest BCUT2D eigenvalue weighted by Gasteiger charge is -2.17. The van der Waals surface area contributed by atoms with E-state index in [0.717, 1.165) is 30.9 Å². The Hall–Kier alpha value is -2.60. The van der Waals surface area contributed by atoms with Crippen molar-refractivity contribution in [2.24, 2.45) is 0 Å². The monoisotopic (exact) mass is 341 g/mol. The van der Waals surface area contributed by atoms with Gasteiger partial charge < -0.3 is 14.7 Å². The Morgan fingerprint density at radius 2 is 2.17 bits per heavy atom. The first kappa shape index (κ1) is 15.0. The molecule has 7 heteroatoms. The molecule has 122 valence electrons. The third-order valence-electron chi connectivity index (χ3n) is 4.00. The summed E-state index contributed by atoms with van der Waals surface area (Å²) in [6.45, 7) is 1.80. The average molecular weight is 342 g/mol. The summed E-state index contributed by atoms with van der Waals surface area (Å²) in [5.41, 5.74) is 0.834. The Balaban J connectivity index is 1.42. The third-order valence-corrected chi connectivity index (χ3v) is 4.23. The van der Waals surface area contributed by atoms with Gasteiger partial charge >= 0.3 is 6.01 Å². The van der Waals surface area contributed by atoms with Crippen molar-refractivity contribution in [1.29, 1.82) is 0 Å². The second kappa shape index (κ2) is 6.49. The lowest BCUT2D eigenvalue weighted by molar-refractivity contribution is 0.428. The highest BCUT2D eigenvalue weighted by atomic mass is 35.5. The fourth-order valence-electron chi connectivity index (χ4n) is 2.83. The van der Waals surface area contributed by atoms with Gasteiger partial charge in [-0.3, -0.25) is 0 Å². The van der Waals surface area contributed by atoms with Gasteiger partial charge in [-0.1, -0.05) is 35.0 Å². The first-order valence-corrected chi connectivity index (χ1v) is 8.18. The molecular weight excluding hydrogens is 326 g/mol. The molecule has 0 radical (unpaired) electrons. The van der Waals surface area contributed by atoms with Gasteiger partial charge in [-0.25, -0.2) is 4.98 Å². The van der Waals surface area contributed by atoms with E-state index in [-0.39, 0.29) is 6.04 Å². The lowest BCUT2D eigenvalue weighted by atomic mass is 10.2. The van der Waals surface area contributed by atoms with Crippen LogP contribution < -0.4 is 10.2 Å². The largest absolute Gasteiger partial charge is 0.354 e. The Morgan fingerprint density at radius 3 is 3.00 bits per heavy atom. The molecule has 1 aromatic carbocycles. The number of pyridine rings is 1. The molecule has 0 bridgehead atoms. The molecule has 2 aromatic heterocycles. The predicted octanol–water partition coefficient (Wildman–Crippen LogP) is 3.48. The van der Waals surface area contributed by atoms with Gasteiger partial charge in [0, 0.05) is 35.9 Å². The first-order chi connectivity index (χ1) is 11.8. The maximum Gasteiger partial charge on any atom is 0.322 e. The van der Waals surface area contributed by atoms with Crippen LogP contribution in [0.2, 0.25) is 5.02 Å². The number of hydrogen-bond donors (Lipinski definition) is 1. The van der Waals surface area contributed by atoms with Crippen molar-refractivity contribution in [3.8, 4) is 11.4 Å². The minimum absolute atomic E-state index is 0.250. The molecule has 1 saturated heterocycles. The molecule has 6 nitrogen and oxygen atoms in total. The molecule has 3 heterocycles. The quantitative estimate of drug-likeness (QED) is 0.783. The Morgan fingerprint density at radius 1 is 1.21 bits per heavy atom. The molecule has 1 N–H and O–H groups in total. The summed E-state index contributed by atoms with van der Waals surface area (Å²) in [6.07, 6.45) is 2.80. The summed E-state index contributed by atoms with van der Waals surface area (Å²) in [5.74, 6) is 1.52. The maximum atomic E-state index is 6.00. The summed E-state index contributed by atoms with van der Waals surface area (Å²) < 4.78 is 5.31. The second-order valence-electron chi connectivity index (χ2n) is 5.70. The maximum absolute atomic E-state index is 6.00. The number of rotatable bonds is 4. The molecule has 0 saturated carbocycles. The van der Waals surface area contributed by atoms with Gasteiger partial charge in [0.15, 0.2) is 0 Å². The molecule has 1 fully saturated rings. The highest BCUT2D eigenvalue weighted by molar-refractivity contribution is 6.30. The molecule has 1 aliphatic rings. The summed E-state index contributed by atoms with van der Waals surface area (Å²) in [7, 11) is 0. The normalized spacial score (nSPS) is 17.2. The average Bonchev–Trinajstić information content (AvgIpc) is 3.26. The molecule has 3 aromatic rings. The number of halogens is 1. The van der Waals surface area contributed by atoms with Crippen molar-refractivity contribution in [3.05, 3.63) is 53.7 Å². The molecule has 0 spiro atoms. The Kier molecular flexibility index (Phi) is 4.04. The summed E-state index contributed by atoms with van der Waals surface area (Å²) in [4.78, 5) is 11.0. The number of anilines is 2. The van der Waals surface area contributed by atoms with E-state index >= 15 is 0 Å². The predicted molar refractivity (Wildman–Crippen MR) is 93.2 cm³/mol. The Labute approximate surface area is 144 Å². The van der Waals surface area contributed by atoms with Crippen molar-refractivity contribution < 1.29 is 4.52 Å². The van der Waals surface area contributed by atoms with Crippen LogP contribution in [0.4, 0.5) is 11.8 Å². The number of benzene rings is 1. The zero-order valence-corrected chi connectivity index (χ0v) is 13.6. The second-order valence-corrected chi connectivity index (χ2v) is 6.13. The molecule has 1 atom stereocenters. The molecular formula is C17H16ClN5O. The number of hydrogen-bond acceptors (Lipinski definition) is 6. The van der Waals surface area contributed by atoms with Gasteiger partial charge in [0.25, 0.3) is 0 Å². The molecule has 24 heavy (non-hydrogen) atoms. The van der Waals surface area contributed by atoms with E-state index in [1.807, 2.05) is 48.7 Å². The van der Waals surface area contributed by atoms with Crippen LogP contribution in [0.15, 0.2) is 53.2 Å². The van der Waals surface area contributed by atoms with E-state index < -0.39 is 0 Å². The third kappa shape index (κ3) is 3.19. The zero-order chi connectivity index (χ0) is 16.4. The summed E-state index contributed by atoms with van der Waals surface area (Å²) in [6, 6.07) is 14.0. The van der Waals surface area contributed by atoms with E-state index in [1.165, 1.54) is 0 Å². The van der Waals surface area contributed by atoms with E-state index in [9.17, 15) is 0 Å². The van der Waals surface area contributed by atoms with Crippen molar-refractivity contribution in [1.82, 2.24) is 15.1 Å². The van der Waals surface area contributed by atoms with Crippen molar-refractivity contribution >= 4 is 23.4 Å². The lowest BCUT2D eigenvalue weighted by Crippen LogP contribution is -2.26. The number of aromatic nitrogens is 3. The van der Waals surface area contributed by atoms with E-state index in [2.05, 4.69) is 25.3 Å². The topological polar surface area (TPSA) is 67.1 Å². The van der Waals surface area contributed by atoms with Crippen molar-refractivity contribution in [2.75, 3.05) is 23.3 Å². The van der Waals surface area contributed by atoms with E-state index in [1.54, 1.807) is 0 Å². The van der Waals surface area contributed by atoms with Crippen LogP contribution in [0, 0.1) is 0 Å². The van der Waals surface area contributed by atoms with E-state index in [0.29, 0.717) is 16.9 Å². The number of nitrogens with one attached hydrogen (secondary N) is 1. The summed E-state index contributed by atoms with van der Waals surface area (Å²) >= 11 is 6.00. The highest BCUT2D eigenvalue weighted by Gasteiger charge is 2.24. The fourth-order valence-corrected chi connectivity index (χ4v) is 3.02. The summed E-state index contributed by atoms with van der Waals surface area (Å²) in [5, 5.41) is 7.96. The molecule has 4 rings (SSSR count). The minimum Gasteiger partial charge on any atom is -0.354 e. The highest BCUT2D eigenvalue weighted by Crippen LogP contribution is 2.23. The van der Waals surface area contributed by atoms with Crippen LogP contribution in [0.25, 0.3) is 11.4 Å². The van der Waals surface area contributed by atoms with Crippen LogP contribution in [-0.4, -0.2) is 34.3 Å². The van der Waals surface area contributed by atoms with E-state index in [4.69, 9.17) is 16.1 Å². The van der Waals surface area contributed by atoms with Gasteiger partial charge in [0.1, 0.15) is 5.82 Å². The standard InChI is InChI=1S/C17H16ClN5O/c18-13-5-3-4-12(10-13)16-21-17(24-22-16)20-14-7-9-23(11-14)15-6-1-2-8-19-15/h1-6,8,10,14H,7,9,11H2,(H,20,21,22). The van der Waals surface area contributed by atoms with Crippen LogP contribution in [0.1, 0.15) is 6.42 Å². The first-order valence-electron chi connectivity index (χ1n) is 7.80. The zero-order valence-electron chi connectivity index (χ0n) is 12.9. The molecule has 0 aliphatic carbocycles. The minimum atomic E-state index is 0.250. The smallest absolute Gasteiger partial charge is 0.322 e.